The third-order valence-corrected chi connectivity index (χ3v) is 4.64. The fraction of sp³-hybridized carbons (Fsp3) is 0.333. The highest BCUT2D eigenvalue weighted by atomic mass is 35.5. The molecule has 0 aliphatic heterocycles. The van der Waals surface area contributed by atoms with Crippen molar-refractivity contribution < 1.29 is 4.79 Å². The molecule has 6 heteroatoms. The predicted molar refractivity (Wildman–Crippen MR) is 112 cm³/mol. The second-order valence-corrected chi connectivity index (χ2v) is 6.76. The van der Waals surface area contributed by atoms with Gasteiger partial charge < -0.3 is 16.0 Å². The SMILES string of the molecule is CCC(C)NC(=O)c1cccc(CNC(=NC)NCc2ccccc2Cl)c1. The zero-order valence-electron chi connectivity index (χ0n) is 16.1. The van der Waals surface area contributed by atoms with E-state index in [1.165, 1.54) is 0 Å². The second-order valence-electron chi connectivity index (χ2n) is 6.35. The van der Waals surface area contributed by atoms with Crippen LogP contribution in [0.25, 0.3) is 0 Å². The molecule has 2 rings (SSSR count). The van der Waals surface area contributed by atoms with Gasteiger partial charge in [0.25, 0.3) is 5.91 Å². The quantitative estimate of drug-likeness (QED) is 0.501. The zero-order valence-corrected chi connectivity index (χ0v) is 16.8. The number of guanidine groups is 1. The van der Waals surface area contributed by atoms with Gasteiger partial charge in [0.05, 0.1) is 0 Å². The zero-order chi connectivity index (χ0) is 19.6. The highest BCUT2D eigenvalue weighted by molar-refractivity contribution is 6.31. The number of aliphatic imine (C=N–C) groups is 1. The van der Waals surface area contributed by atoms with E-state index in [0.717, 1.165) is 22.6 Å². The predicted octanol–water partition coefficient (Wildman–Crippen LogP) is 3.73. The fourth-order valence-electron chi connectivity index (χ4n) is 2.46. The van der Waals surface area contributed by atoms with Gasteiger partial charge in [0.2, 0.25) is 0 Å². The molecule has 2 aromatic carbocycles. The minimum atomic E-state index is -0.0487. The minimum Gasteiger partial charge on any atom is -0.352 e. The molecule has 5 nitrogen and oxygen atoms in total. The van der Waals surface area contributed by atoms with Crippen LogP contribution >= 0.6 is 11.6 Å². The standard InChI is InChI=1S/C21H27ClN4O/c1-4-15(2)26-20(27)17-10-7-8-16(12-17)13-24-21(23-3)25-14-18-9-5-6-11-19(18)22/h5-12,15H,4,13-14H2,1-3H3,(H,26,27)(H2,23,24,25). The molecule has 0 radical (unpaired) electrons. The number of amides is 1. The Morgan fingerprint density at radius 2 is 1.85 bits per heavy atom. The van der Waals surface area contributed by atoms with Crippen molar-refractivity contribution in [1.29, 1.82) is 0 Å². The summed E-state index contributed by atoms with van der Waals surface area (Å²) in [5, 5.41) is 10.2. The molecule has 0 spiro atoms. The van der Waals surface area contributed by atoms with Crippen LogP contribution < -0.4 is 16.0 Å². The number of nitrogens with one attached hydrogen (secondary N) is 3. The fourth-order valence-corrected chi connectivity index (χ4v) is 2.66. The number of hydrogen-bond donors (Lipinski definition) is 3. The number of nitrogens with zero attached hydrogens (tertiary/aromatic N) is 1. The summed E-state index contributed by atoms with van der Waals surface area (Å²) in [4.78, 5) is 16.5. The molecule has 0 aliphatic carbocycles. The Morgan fingerprint density at radius 1 is 1.11 bits per heavy atom. The molecule has 3 N–H and O–H groups in total. The lowest BCUT2D eigenvalue weighted by atomic mass is 10.1. The molecule has 2 aromatic rings. The molecule has 0 saturated carbocycles. The number of rotatable bonds is 7. The number of carbonyl (C=O) groups excluding carboxylic acids is 1. The van der Waals surface area contributed by atoms with Crippen molar-refractivity contribution >= 4 is 23.5 Å². The van der Waals surface area contributed by atoms with Gasteiger partial charge in [-0.2, -0.15) is 0 Å². The highest BCUT2D eigenvalue weighted by Gasteiger charge is 2.09. The topological polar surface area (TPSA) is 65.5 Å². The van der Waals surface area contributed by atoms with Crippen molar-refractivity contribution in [3.8, 4) is 0 Å². The van der Waals surface area contributed by atoms with E-state index in [1.807, 2.05) is 62.4 Å². The first kappa shape index (κ1) is 20.8. The summed E-state index contributed by atoms with van der Waals surface area (Å²) < 4.78 is 0. The number of halogens is 1. The van der Waals surface area contributed by atoms with Gasteiger partial charge in [-0.15, -0.1) is 0 Å². The average Bonchev–Trinajstić information content (AvgIpc) is 2.69. The summed E-state index contributed by atoms with van der Waals surface area (Å²) in [6.45, 7) is 5.19. The van der Waals surface area contributed by atoms with Gasteiger partial charge in [-0.25, -0.2) is 0 Å². The normalized spacial score (nSPS) is 12.4. The third-order valence-electron chi connectivity index (χ3n) is 4.27. The van der Waals surface area contributed by atoms with Crippen molar-refractivity contribution in [1.82, 2.24) is 16.0 Å². The van der Waals surface area contributed by atoms with E-state index in [4.69, 9.17) is 11.6 Å². The summed E-state index contributed by atoms with van der Waals surface area (Å²) in [7, 11) is 1.72. The molecular weight excluding hydrogens is 360 g/mol. The Bertz CT molecular complexity index is 791. The number of benzene rings is 2. The highest BCUT2D eigenvalue weighted by Crippen LogP contribution is 2.14. The first-order valence-corrected chi connectivity index (χ1v) is 9.49. The van der Waals surface area contributed by atoms with Crippen LogP contribution in [-0.2, 0) is 13.1 Å². The van der Waals surface area contributed by atoms with Gasteiger partial charge in [-0.1, -0.05) is 48.9 Å². The Morgan fingerprint density at radius 3 is 2.56 bits per heavy atom. The van der Waals surface area contributed by atoms with E-state index in [2.05, 4.69) is 20.9 Å². The molecule has 27 heavy (non-hydrogen) atoms. The number of carbonyl (C=O) groups is 1. The van der Waals surface area contributed by atoms with E-state index in [0.29, 0.717) is 24.6 Å². The monoisotopic (exact) mass is 386 g/mol. The second kappa shape index (κ2) is 10.6. The van der Waals surface area contributed by atoms with Crippen molar-refractivity contribution in [3.63, 3.8) is 0 Å². The van der Waals surface area contributed by atoms with E-state index in [9.17, 15) is 4.79 Å². The van der Waals surface area contributed by atoms with E-state index in [-0.39, 0.29) is 11.9 Å². The van der Waals surface area contributed by atoms with Crippen molar-refractivity contribution in [2.45, 2.75) is 39.4 Å². The maximum atomic E-state index is 12.3. The van der Waals surface area contributed by atoms with Gasteiger partial charge in [0, 0.05) is 36.8 Å². The van der Waals surface area contributed by atoms with Crippen LogP contribution in [0.1, 0.15) is 41.8 Å². The first-order valence-electron chi connectivity index (χ1n) is 9.11. The molecule has 1 unspecified atom stereocenters. The Balaban J connectivity index is 1.91. The molecule has 0 fully saturated rings. The van der Waals surface area contributed by atoms with Gasteiger partial charge in [0.15, 0.2) is 5.96 Å². The Kier molecular flexibility index (Phi) is 8.14. The van der Waals surface area contributed by atoms with Crippen molar-refractivity contribution in [2.75, 3.05) is 7.05 Å². The largest absolute Gasteiger partial charge is 0.352 e. The van der Waals surface area contributed by atoms with Gasteiger partial charge in [-0.3, -0.25) is 9.79 Å². The smallest absolute Gasteiger partial charge is 0.251 e. The van der Waals surface area contributed by atoms with Gasteiger partial charge in [-0.05, 0) is 42.7 Å². The molecular formula is C21H27ClN4O. The Labute approximate surface area is 166 Å². The minimum absolute atomic E-state index is 0.0487. The maximum absolute atomic E-state index is 12.3. The van der Waals surface area contributed by atoms with E-state index in [1.54, 1.807) is 7.05 Å². The van der Waals surface area contributed by atoms with Crippen LogP contribution in [0, 0.1) is 0 Å². The summed E-state index contributed by atoms with van der Waals surface area (Å²) in [5.41, 5.74) is 2.67. The van der Waals surface area contributed by atoms with Crippen molar-refractivity contribution in [3.05, 3.63) is 70.2 Å². The summed E-state index contributed by atoms with van der Waals surface area (Å²) in [5.74, 6) is 0.622. The van der Waals surface area contributed by atoms with Crippen molar-refractivity contribution in [2.24, 2.45) is 4.99 Å². The van der Waals surface area contributed by atoms with Crippen LogP contribution in [0.15, 0.2) is 53.5 Å². The molecule has 1 atom stereocenters. The molecule has 1 amide bonds. The van der Waals surface area contributed by atoms with Crippen LogP contribution in [0.4, 0.5) is 0 Å². The summed E-state index contributed by atoms with van der Waals surface area (Å²) in [6, 6.07) is 15.5. The molecule has 144 valence electrons. The maximum Gasteiger partial charge on any atom is 0.251 e. The van der Waals surface area contributed by atoms with Gasteiger partial charge >= 0.3 is 0 Å². The lowest BCUT2D eigenvalue weighted by Crippen LogP contribution is -2.36. The van der Waals surface area contributed by atoms with Crippen LogP contribution in [-0.4, -0.2) is 25.0 Å². The summed E-state index contributed by atoms with van der Waals surface area (Å²) >= 11 is 6.18. The lowest BCUT2D eigenvalue weighted by molar-refractivity contribution is 0.0939. The van der Waals surface area contributed by atoms with E-state index < -0.39 is 0 Å². The molecule has 0 aromatic heterocycles. The summed E-state index contributed by atoms with van der Waals surface area (Å²) in [6.07, 6.45) is 0.903. The van der Waals surface area contributed by atoms with Crippen LogP contribution in [0.2, 0.25) is 5.02 Å². The van der Waals surface area contributed by atoms with Gasteiger partial charge in [0.1, 0.15) is 0 Å². The molecule has 0 aliphatic rings. The first-order chi connectivity index (χ1) is 13.0. The average molecular weight is 387 g/mol. The van der Waals surface area contributed by atoms with Crippen LogP contribution in [0.3, 0.4) is 0 Å². The molecule has 0 heterocycles. The molecule has 0 bridgehead atoms. The third kappa shape index (κ3) is 6.61. The van der Waals surface area contributed by atoms with E-state index >= 15 is 0 Å². The Hall–Kier alpha value is -2.53. The number of hydrogen-bond acceptors (Lipinski definition) is 2. The lowest BCUT2D eigenvalue weighted by Gasteiger charge is -2.14. The molecule has 0 saturated heterocycles. The van der Waals surface area contributed by atoms with Crippen LogP contribution in [0.5, 0.6) is 0 Å².